The molecule has 0 aromatic heterocycles. The van der Waals surface area contributed by atoms with Crippen molar-refractivity contribution in [3.05, 3.63) is 29.8 Å². The number of alkyl halides is 3. The molecule has 1 atom stereocenters. The molecule has 0 bridgehead atoms. The number of hydrogen-bond donors (Lipinski definition) is 0. The van der Waals surface area contributed by atoms with Gasteiger partial charge < -0.3 is 4.74 Å². The number of methoxy groups -OCH3 is 1. The molecule has 0 radical (unpaired) electrons. The first kappa shape index (κ1) is 18.1. The van der Waals surface area contributed by atoms with Crippen molar-refractivity contribution in [2.45, 2.75) is 16.3 Å². The van der Waals surface area contributed by atoms with E-state index in [9.17, 15) is 26.4 Å². The molecule has 1 saturated heterocycles. The molecule has 128 valence electrons. The lowest BCUT2D eigenvalue weighted by Crippen LogP contribution is -2.45. The number of rotatable bonds is 3. The number of hydrogen-bond acceptors (Lipinski definition) is 5. The minimum Gasteiger partial charge on any atom is -0.468 e. The van der Waals surface area contributed by atoms with E-state index in [1.165, 1.54) is 24.9 Å². The van der Waals surface area contributed by atoms with Gasteiger partial charge in [0, 0.05) is 18.8 Å². The molecule has 1 heterocycles. The standard InChI is InChI=1S/C13H14F3NO4S2/c1-21-12(18)10-8-17(6-7-22-10)23(19,20)11-5-3-2-4-9(11)13(14,15)16/h2-5,10H,6-8H2,1H3/t10-/m1/s1. The molecule has 0 amide bonds. The first-order chi connectivity index (χ1) is 10.7. The Morgan fingerprint density at radius 1 is 1.35 bits per heavy atom. The van der Waals surface area contributed by atoms with E-state index in [4.69, 9.17) is 0 Å². The van der Waals surface area contributed by atoms with E-state index in [-0.39, 0.29) is 13.1 Å². The van der Waals surface area contributed by atoms with Crippen molar-refractivity contribution >= 4 is 27.8 Å². The molecule has 0 unspecified atom stereocenters. The Morgan fingerprint density at radius 2 is 2.00 bits per heavy atom. The van der Waals surface area contributed by atoms with Crippen LogP contribution in [-0.4, -0.2) is 49.9 Å². The van der Waals surface area contributed by atoms with E-state index in [1.54, 1.807) is 0 Å². The van der Waals surface area contributed by atoms with Gasteiger partial charge in [0.05, 0.1) is 17.6 Å². The average Bonchev–Trinajstić information content (AvgIpc) is 2.53. The fourth-order valence-electron chi connectivity index (χ4n) is 2.18. The Bertz CT molecular complexity index is 691. The van der Waals surface area contributed by atoms with Crippen molar-refractivity contribution in [2.24, 2.45) is 0 Å². The predicted octanol–water partition coefficient (Wildman–Crippen LogP) is 1.98. The third kappa shape index (κ3) is 3.81. The molecule has 2 rings (SSSR count). The number of thioether (sulfide) groups is 1. The van der Waals surface area contributed by atoms with Crippen molar-refractivity contribution in [2.75, 3.05) is 26.0 Å². The van der Waals surface area contributed by atoms with Gasteiger partial charge in [-0.2, -0.15) is 17.5 Å². The third-order valence-corrected chi connectivity index (χ3v) is 6.39. The highest BCUT2D eigenvalue weighted by molar-refractivity contribution is 8.00. The van der Waals surface area contributed by atoms with Gasteiger partial charge in [-0.25, -0.2) is 8.42 Å². The number of nitrogens with zero attached hydrogens (tertiary/aromatic N) is 1. The fourth-order valence-corrected chi connectivity index (χ4v) is 5.19. The molecule has 1 aromatic carbocycles. The van der Waals surface area contributed by atoms with Gasteiger partial charge in [-0.15, -0.1) is 11.8 Å². The van der Waals surface area contributed by atoms with E-state index in [2.05, 4.69) is 4.74 Å². The van der Waals surface area contributed by atoms with Crippen molar-refractivity contribution in [3.63, 3.8) is 0 Å². The maximum Gasteiger partial charge on any atom is 0.417 e. The van der Waals surface area contributed by atoms with Gasteiger partial charge in [0.1, 0.15) is 5.25 Å². The molecule has 1 fully saturated rings. The summed E-state index contributed by atoms with van der Waals surface area (Å²) >= 11 is 1.22. The van der Waals surface area contributed by atoms with Crippen LogP contribution in [0.25, 0.3) is 0 Å². The summed E-state index contributed by atoms with van der Waals surface area (Å²) in [7, 11) is -3.18. The lowest BCUT2D eigenvalue weighted by Gasteiger charge is -2.30. The number of benzene rings is 1. The summed E-state index contributed by atoms with van der Waals surface area (Å²) in [4.78, 5) is 10.8. The Hall–Kier alpha value is -1.26. The van der Waals surface area contributed by atoms with Crippen LogP contribution in [0.5, 0.6) is 0 Å². The maximum absolute atomic E-state index is 13.0. The highest BCUT2D eigenvalue weighted by Gasteiger charge is 2.40. The van der Waals surface area contributed by atoms with E-state index < -0.39 is 37.9 Å². The molecular weight excluding hydrogens is 355 g/mol. The molecule has 10 heteroatoms. The molecule has 0 saturated carbocycles. The Labute approximate surface area is 135 Å². The van der Waals surface area contributed by atoms with E-state index in [0.717, 1.165) is 22.5 Å². The fraction of sp³-hybridized carbons (Fsp3) is 0.462. The normalized spacial score (nSPS) is 20.3. The number of carbonyl (C=O) groups is 1. The van der Waals surface area contributed by atoms with Crippen LogP contribution in [0.3, 0.4) is 0 Å². The topological polar surface area (TPSA) is 63.7 Å². The number of esters is 1. The quantitative estimate of drug-likeness (QED) is 0.763. The highest BCUT2D eigenvalue weighted by atomic mass is 32.2. The second-order valence-electron chi connectivity index (χ2n) is 4.74. The van der Waals surface area contributed by atoms with Crippen molar-refractivity contribution in [1.29, 1.82) is 0 Å². The molecule has 0 N–H and O–H groups in total. The molecule has 1 aliphatic heterocycles. The summed E-state index contributed by atoms with van der Waals surface area (Å²) in [5.41, 5.74) is -1.21. The Balaban J connectivity index is 2.38. The number of sulfonamides is 1. The van der Waals surface area contributed by atoms with Crippen LogP contribution in [0.2, 0.25) is 0 Å². The zero-order chi connectivity index (χ0) is 17.3. The molecule has 23 heavy (non-hydrogen) atoms. The second kappa shape index (κ2) is 6.70. The summed E-state index contributed by atoms with van der Waals surface area (Å²) in [6.45, 7) is -0.182. The van der Waals surface area contributed by atoms with Gasteiger partial charge in [-0.3, -0.25) is 4.79 Å². The van der Waals surface area contributed by atoms with Crippen molar-refractivity contribution in [1.82, 2.24) is 4.31 Å². The van der Waals surface area contributed by atoms with Gasteiger partial charge in [0.2, 0.25) is 10.0 Å². The van der Waals surface area contributed by atoms with Gasteiger partial charge in [-0.1, -0.05) is 12.1 Å². The molecule has 1 aliphatic rings. The minimum absolute atomic E-state index is 0.0344. The second-order valence-corrected chi connectivity index (χ2v) is 7.96. The summed E-state index contributed by atoms with van der Waals surface area (Å²) in [5, 5.41) is -0.749. The molecule has 0 aliphatic carbocycles. The van der Waals surface area contributed by atoms with Crippen LogP contribution in [-0.2, 0) is 25.7 Å². The summed E-state index contributed by atoms with van der Waals surface area (Å²) in [5.74, 6) is -0.299. The Morgan fingerprint density at radius 3 is 2.61 bits per heavy atom. The average molecular weight is 369 g/mol. The number of carbonyl (C=O) groups excluding carboxylic acids is 1. The van der Waals surface area contributed by atoms with Gasteiger partial charge >= 0.3 is 12.1 Å². The zero-order valence-electron chi connectivity index (χ0n) is 12.0. The van der Waals surface area contributed by atoms with E-state index in [0.29, 0.717) is 5.75 Å². The summed E-state index contributed by atoms with van der Waals surface area (Å²) in [6.07, 6.45) is -4.78. The lowest BCUT2D eigenvalue weighted by molar-refractivity contribution is -0.141. The first-order valence-corrected chi connectivity index (χ1v) is 9.02. The molecule has 0 spiro atoms. The molecule has 5 nitrogen and oxygen atoms in total. The van der Waals surface area contributed by atoms with Crippen LogP contribution < -0.4 is 0 Å². The SMILES string of the molecule is COC(=O)[C@H]1CN(S(=O)(=O)c2ccccc2C(F)(F)F)CCS1. The van der Waals surface area contributed by atoms with Crippen LogP contribution in [0, 0.1) is 0 Å². The largest absolute Gasteiger partial charge is 0.468 e. The lowest BCUT2D eigenvalue weighted by atomic mass is 10.2. The summed E-state index contributed by atoms with van der Waals surface area (Å²) < 4.78 is 69.8. The number of ether oxygens (including phenoxy) is 1. The van der Waals surface area contributed by atoms with Crippen molar-refractivity contribution in [3.8, 4) is 0 Å². The van der Waals surface area contributed by atoms with Gasteiger partial charge in [0.15, 0.2) is 0 Å². The van der Waals surface area contributed by atoms with E-state index >= 15 is 0 Å². The smallest absolute Gasteiger partial charge is 0.417 e. The van der Waals surface area contributed by atoms with Crippen LogP contribution in [0.4, 0.5) is 13.2 Å². The molecule has 1 aromatic rings. The zero-order valence-corrected chi connectivity index (χ0v) is 13.7. The maximum atomic E-state index is 13.0. The number of halogens is 3. The van der Waals surface area contributed by atoms with Crippen molar-refractivity contribution < 1.29 is 31.1 Å². The van der Waals surface area contributed by atoms with Crippen LogP contribution >= 0.6 is 11.8 Å². The predicted molar refractivity (Wildman–Crippen MR) is 78.5 cm³/mol. The van der Waals surface area contributed by atoms with Gasteiger partial charge in [0.25, 0.3) is 0 Å². The third-order valence-electron chi connectivity index (χ3n) is 3.30. The van der Waals surface area contributed by atoms with Crippen LogP contribution in [0.15, 0.2) is 29.2 Å². The first-order valence-electron chi connectivity index (χ1n) is 6.53. The summed E-state index contributed by atoms with van der Waals surface area (Å²) in [6, 6.07) is 4.01. The minimum atomic E-state index is -4.78. The van der Waals surface area contributed by atoms with Crippen LogP contribution in [0.1, 0.15) is 5.56 Å². The Kier molecular flexibility index (Phi) is 5.27. The van der Waals surface area contributed by atoms with Gasteiger partial charge in [-0.05, 0) is 12.1 Å². The molecular formula is C13H14F3NO4S2. The highest BCUT2D eigenvalue weighted by Crippen LogP contribution is 2.36. The monoisotopic (exact) mass is 369 g/mol. The van der Waals surface area contributed by atoms with E-state index in [1.807, 2.05) is 0 Å².